The molecule has 0 N–H and O–H groups in total. The van der Waals surface area contributed by atoms with Gasteiger partial charge in [-0.1, -0.05) is 24.3 Å². The fourth-order valence-electron chi connectivity index (χ4n) is 1.86. The summed E-state index contributed by atoms with van der Waals surface area (Å²) in [5, 5.41) is 1.27. The zero-order chi connectivity index (χ0) is 13.8. The highest BCUT2D eigenvalue weighted by molar-refractivity contribution is 6.49. The first-order valence-corrected chi connectivity index (χ1v) is 8.91. The van der Waals surface area contributed by atoms with E-state index in [9.17, 15) is 4.39 Å². The second-order valence-electron chi connectivity index (χ2n) is 4.45. The maximum atomic E-state index is 14.3. The lowest BCUT2D eigenvalue weighted by Gasteiger charge is -2.15. The number of halogens is 1. The smallest absolute Gasteiger partial charge is 0.229 e. The van der Waals surface area contributed by atoms with Gasteiger partial charge < -0.3 is 13.9 Å². The van der Waals surface area contributed by atoms with E-state index in [-0.39, 0.29) is 18.4 Å². The van der Waals surface area contributed by atoms with Gasteiger partial charge >= 0.3 is 0 Å². The Kier molecular flexibility index (Phi) is 4.39. The number of hydrogen-bond donors (Lipinski definition) is 0. The van der Waals surface area contributed by atoms with Gasteiger partial charge in [0.05, 0.1) is 0 Å². The maximum Gasteiger partial charge on any atom is 0.229 e. The van der Waals surface area contributed by atoms with E-state index in [2.05, 4.69) is 13.1 Å². The van der Waals surface area contributed by atoms with Crippen molar-refractivity contribution < 1.29 is 18.3 Å². The first-order valence-electron chi connectivity index (χ1n) is 6.13. The van der Waals surface area contributed by atoms with Crippen LogP contribution in [0.1, 0.15) is 0 Å². The van der Waals surface area contributed by atoms with Crippen molar-refractivity contribution in [3.8, 4) is 11.5 Å². The number of hydrogen-bond acceptors (Lipinski definition) is 3. The topological polar surface area (TPSA) is 27.7 Å². The zero-order valence-electron chi connectivity index (χ0n) is 11.3. The highest BCUT2D eigenvalue weighted by Gasteiger charge is 2.14. The van der Waals surface area contributed by atoms with Crippen molar-refractivity contribution in [3.63, 3.8) is 0 Å². The van der Waals surface area contributed by atoms with Gasteiger partial charge in [0.1, 0.15) is 5.75 Å². The lowest BCUT2D eigenvalue weighted by Crippen LogP contribution is -2.12. The van der Waals surface area contributed by atoms with Gasteiger partial charge in [-0.15, -0.1) is 0 Å². The Balaban J connectivity index is 2.54. The van der Waals surface area contributed by atoms with Crippen LogP contribution in [-0.2, 0) is 4.74 Å². The monoisotopic (exact) mass is 280 g/mol. The lowest BCUT2D eigenvalue weighted by atomic mass is 10.1. The Bertz CT molecular complexity index is 572. The molecule has 0 amide bonds. The van der Waals surface area contributed by atoms with Crippen molar-refractivity contribution in [1.29, 1.82) is 0 Å². The molecule has 5 heteroatoms. The fourth-order valence-corrected chi connectivity index (χ4v) is 2.56. The first kappa shape index (κ1) is 13.8. The van der Waals surface area contributed by atoms with Crippen molar-refractivity contribution in [2.45, 2.75) is 13.1 Å². The van der Waals surface area contributed by atoms with E-state index in [1.165, 1.54) is 7.11 Å². The molecule has 3 nitrogen and oxygen atoms in total. The number of benzene rings is 2. The zero-order valence-corrected chi connectivity index (χ0v) is 12.4. The minimum absolute atomic E-state index is 0.00775. The molecule has 0 unspecified atom stereocenters. The summed E-state index contributed by atoms with van der Waals surface area (Å²) < 4.78 is 30.2. The van der Waals surface area contributed by atoms with Crippen LogP contribution in [0.2, 0.25) is 13.1 Å². The third kappa shape index (κ3) is 3.05. The van der Waals surface area contributed by atoms with Crippen molar-refractivity contribution in [2.75, 3.05) is 13.9 Å². The van der Waals surface area contributed by atoms with Crippen LogP contribution >= 0.6 is 0 Å². The largest absolute Gasteiger partial charge is 0.546 e. The van der Waals surface area contributed by atoms with Crippen LogP contribution in [0.3, 0.4) is 0 Å². The second kappa shape index (κ2) is 6.03. The maximum absolute atomic E-state index is 14.3. The van der Waals surface area contributed by atoms with Gasteiger partial charge in [-0.2, -0.15) is 0 Å². The van der Waals surface area contributed by atoms with E-state index in [1.807, 2.05) is 12.1 Å². The fraction of sp³-hybridized carbons (Fsp3) is 0.286. The average molecular weight is 280 g/mol. The Morgan fingerprint density at radius 3 is 2.42 bits per heavy atom. The Hall–Kier alpha value is -1.59. The van der Waals surface area contributed by atoms with Gasteiger partial charge in [-0.05, 0) is 13.1 Å². The molecule has 0 saturated carbocycles. The van der Waals surface area contributed by atoms with Gasteiger partial charge in [0.2, 0.25) is 9.04 Å². The van der Waals surface area contributed by atoms with Crippen LogP contribution in [-0.4, -0.2) is 22.9 Å². The molecule has 0 heterocycles. The van der Waals surface area contributed by atoms with Gasteiger partial charge in [0, 0.05) is 23.9 Å². The number of methoxy groups -OCH3 is 1. The summed E-state index contributed by atoms with van der Waals surface area (Å²) in [5.41, 5.74) is 0. The predicted molar refractivity (Wildman–Crippen MR) is 75.9 cm³/mol. The molecular weight excluding hydrogens is 263 g/mol. The van der Waals surface area contributed by atoms with Gasteiger partial charge in [-0.3, -0.25) is 0 Å². The second-order valence-corrected chi connectivity index (χ2v) is 6.78. The number of fused-ring (bicyclic) bond motifs is 1. The summed E-state index contributed by atoms with van der Waals surface area (Å²) in [6.45, 7) is 4.13. The predicted octanol–water partition coefficient (Wildman–Crippen LogP) is 3.32. The minimum atomic E-state index is -1.28. The standard InChI is InChI=1S/C14H17FO3Si/c1-16-9-17-13-8-12(18-19(2)3)10-6-4-5-7-11(10)14(13)15/h4-8,19H,9H2,1-3H3. The van der Waals surface area contributed by atoms with Crippen molar-refractivity contribution in [3.05, 3.63) is 36.1 Å². The van der Waals surface area contributed by atoms with Gasteiger partial charge in [0.15, 0.2) is 18.4 Å². The Morgan fingerprint density at radius 2 is 1.79 bits per heavy atom. The van der Waals surface area contributed by atoms with Crippen LogP contribution < -0.4 is 9.16 Å². The molecule has 0 aromatic heterocycles. The van der Waals surface area contributed by atoms with Crippen molar-refractivity contribution >= 4 is 19.8 Å². The van der Waals surface area contributed by atoms with Crippen LogP contribution in [0, 0.1) is 5.82 Å². The van der Waals surface area contributed by atoms with E-state index in [4.69, 9.17) is 13.9 Å². The van der Waals surface area contributed by atoms with Crippen molar-refractivity contribution in [1.82, 2.24) is 0 Å². The molecule has 0 fully saturated rings. The molecule has 2 rings (SSSR count). The third-order valence-corrected chi connectivity index (χ3v) is 3.33. The molecule has 102 valence electrons. The van der Waals surface area contributed by atoms with Crippen molar-refractivity contribution in [2.24, 2.45) is 0 Å². The molecular formula is C14H17FO3Si. The molecule has 2 aromatic carbocycles. The van der Waals surface area contributed by atoms with Crippen LogP contribution in [0.4, 0.5) is 4.39 Å². The summed E-state index contributed by atoms with van der Waals surface area (Å²) in [6, 6.07) is 8.84. The minimum Gasteiger partial charge on any atom is -0.546 e. The summed E-state index contributed by atoms with van der Waals surface area (Å²) >= 11 is 0. The average Bonchev–Trinajstić information content (AvgIpc) is 2.40. The molecule has 0 atom stereocenters. The summed E-state index contributed by atoms with van der Waals surface area (Å²) in [7, 11) is 0.220. The van der Waals surface area contributed by atoms with Gasteiger partial charge in [-0.25, -0.2) is 4.39 Å². The normalized spacial score (nSPS) is 11.0. The molecule has 0 radical (unpaired) electrons. The molecule has 0 bridgehead atoms. The molecule has 19 heavy (non-hydrogen) atoms. The molecule has 0 aliphatic heterocycles. The molecule has 0 aliphatic carbocycles. The number of rotatable bonds is 5. The molecule has 2 aromatic rings. The molecule has 0 saturated heterocycles. The molecule has 0 aliphatic rings. The van der Waals surface area contributed by atoms with E-state index in [0.717, 1.165) is 5.39 Å². The van der Waals surface area contributed by atoms with Crippen LogP contribution in [0.25, 0.3) is 10.8 Å². The first-order chi connectivity index (χ1) is 9.13. The third-order valence-electron chi connectivity index (χ3n) is 2.60. The summed E-state index contributed by atoms with van der Waals surface area (Å²) in [6.07, 6.45) is 0. The van der Waals surface area contributed by atoms with E-state index in [1.54, 1.807) is 18.2 Å². The Morgan fingerprint density at radius 1 is 1.11 bits per heavy atom. The van der Waals surface area contributed by atoms with Gasteiger partial charge in [0.25, 0.3) is 0 Å². The summed E-state index contributed by atoms with van der Waals surface area (Å²) in [4.78, 5) is 0. The summed E-state index contributed by atoms with van der Waals surface area (Å²) in [5.74, 6) is 0.445. The van der Waals surface area contributed by atoms with E-state index < -0.39 is 9.04 Å². The Labute approximate surface area is 113 Å². The SMILES string of the molecule is COCOc1cc(O[SiH](C)C)c2ccccc2c1F. The quantitative estimate of drug-likeness (QED) is 0.621. The highest BCUT2D eigenvalue weighted by Crippen LogP contribution is 2.35. The lowest BCUT2D eigenvalue weighted by molar-refractivity contribution is 0.0484. The van der Waals surface area contributed by atoms with Crippen LogP contribution in [0.5, 0.6) is 11.5 Å². The van der Waals surface area contributed by atoms with E-state index in [0.29, 0.717) is 11.1 Å². The van der Waals surface area contributed by atoms with E-state index >= 15 is 0 Å². The molecule has 0 spiro atoms. The highest BCUT2D eigenvalue weighted by atomic mass is 28.3. The van der Waals surface area contributed by atoms with Crippen LogP contribution in [0.15, 0.2) is 30.3 Å². The number of ether oxygens (including phenoxy) is 2.